The Kier molecular flexibility index (Phi) is 1.96. The monoisotopic (exact) mass is 190 g/mol. The summed E-state index contributed by atoms with van der Waals surface area (Å²) in [6, 6.07) is 5.58. The first-order chi connectivity index (χ1) is 6.74. The van der Waals surface area contributed by atoms with Crippen LogP contribution in [0.4, 0.5) is 0 Å². The van der Waals surface area contributed by atoms with E-state index < -0.39 is 5.91 Å². The number of amides is 1. The van der Waals surface area contributed by atoms with E-state index in [0.717, 1.165) is 17.4 Å². The fourth-order valence-electron chi connectivity index (χ4n) is 1.52. The molecule has 72 valence electrons. The van der Waals surface area contributed by atoms with Crippen molar-refractivity contribution in [2.75, 3.05) is 0 Å². The summed E-state index contributed by atoms with van der Waals surface area (Å²) in [5.74, 6) is -0.551. The Morgan fingerprint density at radius 2 is 2.36 bits per heavy atom. The highest BCUT2D eigenvalue weighted by atomic mass is 16.5. The molecule has 0 aliphatic carbocycles. The summed E-state index contributed by atoms with van der Waals surface area (Å²) < 4.78 is 5.00. The van der Waals surface area contributed by atoms with Crippen LogP contribution in [0.5, 0.6) is 0 Å². The maximum atomic E-state index is 11.0. The number of rotatable bonds is 2. The number of nitrogens with two attached hydrogens (primary N) is 1. The van der Waals surface area contributed by atoms with E-state index in [2.05, 4.69) is 5.16 Å². The van der Waals surface area contributed by atoms with Gasteiger partial charge in [0.25, 0.3) is 5.91 Å². The molecule has 2 N–H and O–H groups in total. The van der Waals surface area contributed by atoms with Crippen LogP contribution in [0.2, 0.25) is 0 Å². The fraction of sp³-hybridized carbons (Fsp3) is 0.200. The zero-order chi connectivity index (χ0) is 10.1. The topological polar surface area (TPSA) is 69.1 Å². The summed E-state index contributed by atoms with van der Waals surface area (Å²) in [6.07, 6.45) is 0.818. The maximum Gasteiger partial charge on any atom is 0.271 e. The van der Waals surface area contributed by atoms with Gasteiger partial charge in [0, 0.05) is 0 Å². The first-order valence-electron chi connectivity index (χ1n) is 4.41. The van der Waals surface area contributed by atoms with Crippen molar-refractivity contribution in [3.05, 3.63) is 29.5 Å². The second kappa shape index (κ2) is 3.14. The Morgan fingerprint density at radius 3 is 3.00 bits per heavy atom. The normalized spacial score (nSPS) is 10.6. The second-order valence-corrected chi connectivity index (χ2v) is 3.04. The summed E-state index contributed by atoms with van der Waals surface area (Å²) in [5, 5.41) is 4.39. The van der Waals surface area contributed by atoms with Crippen molar-refractivity contribution in [3.63, 3.8) is 0 Å². The molecule has 1 heterocycles. The molecule has 1 aromatic heterocycles. The van der Waals surface area contributed by atoms with Crippen molar-refractivity contribution >= 4 is 16.9 Å². The van der Waals surface area contributed by atoms with E-state index in [4.69, 9.17) is 10.3 Å². The summed E-state index contributed by atoms with van der Waals surface area (Å²) in [7, 11) is 0. The van der Waals surface area contributed by atoms with E-state index in [-0.39, 0.29) is 5.69 Å². The van der Waals surface area contributed by atoms with Crippen LogP contribution in [0.3, 0.4) is 0 Å². The number of hydrogen-bond acceptors (Lipinski definition) is 3. The first-order valence-corrected chi connectivity index (χ1v) is 4.41. The standard InChI is InChI=1S/C10H10N2O2/c1-2-6-4-3-5-7-8(6)9(10(11)13)12-14-7/h3-5H,2H2,1H3,(H2,11,13). The zero-order valence-electron chi connectivity index (χ0n) is 7.78. The third-order valence-corrected chi connectivity index (χ3v) is 2.20. The Balaban J connectivity index is 2.81. The Morgan fingerprint density at radius 1 is 1.57 bits per heavy atom. The molecule has 2 aromatic rings. The van der Waals surface area contributed by atoms with Crippen molar-refractivity contribution in [3.8, 4) is 0 Å². The van der Waals surface area contributed by atoms with E-state index in [1.54, 1.807) is 6.07 Å². The lowest BCUT2D eigenvalue weighted by Crippen LogP contribution is -2.12. The van der Waals surface area contributed by atoms with Gasteiger partial charge in [0.2, 0.25) is 0 Å². The predicted octanol–water partition coefficient (Wildman–Crippen LogP) is 1.49. The van der Waals surface area contributed by atoms with Gasteiger partial charge < -0.3 is 10.3 Å². The Labute approximate surface area is 80.7 Å². The van der Waals surface area contributed by atoms with Crippen LogP contribution in [0, 0.1) is 0 Å². The zero-order valence-corrected chi connectivity index (χ0v) is 7.78. The second-order valence-electron chi connectivity index (χ2n) is 3.04. The molecule has 0 fully saturated rings. The largest absolute Gasteiger partial charge is 0.364 e. The van der Waals surface area contributed by atoms with Crippen molar-refractivity contribution < 1.29 is 9.32 Å². The molecule has 0 radical (unpaired) electrons. The smallest absolute Gasteiger partial charge is 0.271 e. The molecule has 0 atom stereocenters. The average molecular weight is 190 g/mol. The van der Waals surface area contributed by atoms with Crippen LogP contribution in [0.15, 0.2) is 22.7 Å². The van der Waals surface area contributed by atoms with Crippen molar-refractivity contribution in [2.45, 2.75) is 13.3 Å². The number of aryl methyl sites for hydroxylation is 1. The Hall–Kier alpha value is -1.84. The lowest BCUT2D eigenvalue weighted by atomic mass is 10.1. The lowest BCUT2D eigenvalue weighted by molar-refractivity contribution is 0.0993. The van der Waals surface area contributed by atoms with Gasteiger partial charge in [0.05, 0.1) is 5.39 Å². The minimum Gasteiger partial charge on any atom is -0.364 e. The molecule has 1 aromatic carbocycles. The van der Waals surface area contributed by atoms with Gasteiger partial charge in [-0.2, -0.15) is 0 Å². The van der Waals surface area contributed by atoms with Crippen molar-refractivity contribution in [1.82, 2.24) is 5.16 Å². The first kappa shape index (κ1) is 8.74. The van der Waals surface area contributed by atoms with E-state index in [9.17, 15) is 4.79 Å². The summed E-state index contributed by atoms with van der Waals surface area (Å²) in [5.41, 5.74) is 7.04. The molecule has 14 heavy (non-hydrogen) atoms. The highest BCUT2D eigenvalue weighted by Crippen LogP contribution is 2.22. The lowest BCUT2D eigenvalue weighted by Gasteiger charge is -1.97. The van der Waals surface area contributed by atoms with Gasteiger partial charge >= 0.3 is 0 Å². The number of primary amides is 1. The quantitative estimate of drug-likeness (QED) is 0.779. The van der Waals surface area contributed by atoms with Gasteiger partial charge in [-0.1, -0.05) is 24.2 Å². The molecule has 0 bridgehead atoms. The molecule has 0 unspecified atom stereocenters. The van der Waals surface area contributed by atoms with Gasteiger partial charge in [-0.15, -0.1) is 0 Å². The van der Waals surface area contributed by atoms with E-state index in [0.29, 0.717) is 5.58 Å². The van der Waals surface area contributed by atoms with Gasteiger partial charge in [0.1, 0.15) is 0 Å². The minimum absolute atomic E-state index is 0.220. The average Bonchev–Trinajstić information content (AvgIpc) is 2.60. The summed E-state index contributed by atoms with van der Waals surface area (Å²) in [6.45, 7) is 2.01. The van der Waals surface area contributed by atoms with Gasteiger partial charge in [0.15, 0.2) is 11.3 Å². The number of benzene rings is 1. The van der Waals surface area contributed by atoms with Crippen LogP contribution in [-0.4, -0.2) is 11.1 Å². The Bertz CT molecular complexity index is 488. The fourth-order valence-corrected chi connectivity index (χ4v) is 1.52. The number of carbonyl (C=O) groups excluding carboxylic acids is 1. The molecular formula is C10H10N2O2. The highest BCUT2D eigenvalue weighted by Gasteiger charge is 2.15. The van der Waals surface area contributed by atoms with Crippen LogP contribution in [0.1, 0.15) is 23.0 Å². The van der Waals surface area contributed by atoms with Crippen molar-refractivity contribution in [1.29, 1.82) is 0 Å². The van der Waals surface area contributed by atoms with Crippen molar-refractivity contribution in [2.24, 2.45) is 5.73 Å². The molecule has 0 saturated heterocycles. The molecule has 1 amide bonds. The molecule has 0 aliphatic heterocycles. The number of hydrogen-bond donors (Lipinski definition) is 1. The number of fused-ring (bicyclic) bond motifs is 1. The SMILES string of the molecule is CCc1cccc2onc(C(N)=O)c12. The molecule has 2 rings (SSSR count). The molecule has 0 spiro atoms. The van der Waals surface area contributed by atoms with Crippen LogP contribution < -0.4 is 5.73 Å². The molecule has 4 nitrogen and oxygen atoms in total. The predicted molar refractivity (Wildman–Crippen MR) is 51.9 cm³/mol. The molecule has 0 aliphatic rings. The van der Waals surface area contributed by atoms with E-state index in [1.165, 1.54) is 0 Å². The molecular weight excluding hydrogens is 180 g/mol. The summed E-state index contributed by atoms with van der Waals surface area (Å²) in [4.78, 5) is 11.0. The molecule has 0 saturated carbocycles. The maximum absolute atomic E-state index is 11.0. The van der Waals surface area contributed by atoms with Gasteiger partial charge in [-0.3, -0.25) is 4.79 Å². The van der Waals surface area contributed by atoms with E-state index >= 15 is 0 Å². The minimum atomic E-state index is -0.551. The molecule has 4 heteroatoms. The number of aromatic nitrogens is 1. The highest BCUT2D eigenvalue weighted by molar-refractivity contribution is 6.04. The van der Waals surface area contributed by atoms with Gasteiger partial charge in [-0.05, 0) is 18.1 Å². The van der Waals surface area contributed by atoms with E-state index in [1.807, 2.05) is 19.1 Å². The third-order valence-electron chi connectivity index (χ3n) is 2.20. The number of carbonyl (C=O) groups is 1. The van der Waals surface area contributed by atoms with Crippen LogP contribution >= 0.6 is 0 Å². The van der Waals surface area contributed by atoms with Crippen LogP contribution in [-0.2, 0) is 6.42 Å². The summed E-state index contributed by atoms with van der Waals surface area (Å²) >= 11 is 0. The van der Waals surface area contributed by atoms with Gasteiger partial charge in [-0.25, -0.2) is 0 Å². The third kappa shape index (κ3) is 1.16. The van der Waals surface area contributed by atoms with Crippen LogP contribution in [0.25, 0.3) is 11.0 Å². The number of nitrogens with zero attached hydrogens (tertiary/aromatic N) is 1.